The van der Waals surface area contributed by atoms with Crippen LogP contribution in [0.2, 0.25) is 5.02 Å². The molecule has 146 valence electrons. The van der Waals surface area contributed by atoms with E-state index < -0.39 is 23.9 Å². The lowest BCUT2D eigenvalue weighted by atomic mass is 10.00. The lowest BCUT2D eigenvalue weighted by Crippen LogP contribution is -2.38. The summed E-state index contributed by atoms with van der Waals surface area (Å²) < 4.78 is 24.8. The number of nitrogens with one attached hydrogen (secondary N) is 1. The van der Waals surface area contributed by atoms with Crippen molar-refractivity contribution in [2.24, 2.45) is 0 Å². The Morgan fingerprint density at radius 2 is 1.89 bits per heavy atom. The second kappa shape index (κ2) is 9.58. The van der Waals surface area contributed by atoms with Crippen molar-refractivity contribution in [1.82, 2.24) is 5.32 Å². The molecule has 2 aromatic rings. The number of halogens is 2. The van der Waals surface area contributed by atoms with Gasteiger partial charge < -0.3 is 14.6 Å². The molecule has 2 unspecified atom stereocenters. The molecule has 7 heteroatoms. The number of carbonyl (C=O) groups is 1. The van der Waals surface area contributed by atoms with E-state index in [0.29, 0.717) is 29.0 Å². The van der Waals surface area contributed by atoms with Gasteiger partial charge in [-0.15, -0.1) is 0 Å². The van der Waals surface area contributed by atoms with E-state index in [1.807, 2.05) is 0 Å². The summed E-state index contributed by atoms with van der Waals surface area (Å²) in [7, 11) is 1.58. The van der Waals surface area contributed by atoms with Crippen LogP contribution in [0.1, 0.15) is 37.4 Å². The maximum atomic E-state index is 13.9. The Hall–Kier alpha value is -2.31. The summed E-state index contributed by atoms with van der Waals surface area (Å²) in [5, 5.41) is 12.5. The van der Waals surface area contributed by atoms with Gasteiger partial charge in [0.2, 0.25) is 0 Å². The third kappa shape index (κ3) is 5.58. The lowest BCUT2D eigenvalue weighted by Gasteiger charge is -2.23. The number of hydrogen-bond donors (Lipinski definition) is 2. The minimum absolute atomic E-state index is 0.122. The number of ether oxygens (including phenoxy) is 2. The van der Waals surface area contributed by atoms with E-state index in [1.54, 1.807) is 45.2 Å². The van der Waals surface area contributed by atoms with Crippen LogP contribution in [0.3, 0.4) is 0 Å². The minimum atomic E-state index is -0.956. The van der Waals surface area contributed by atoms with Crippen molar-refractivity contribution < 1.29 is 23.8 Å². The SMILES string of the molecule is CCC(NC(C)c1cc(F)cc(Cl)c1COc1ccc(OC)cc1)C(=O)O. The maximum absolute atomic E-state index is 13.9. The number of carboxylic acid groups (broad SMARTS) is 1. The Morgan fingerprint density at radius 3 is 2.44 bits per heavy atom. The molecule has 0 heterocycles. The third-order valence-electron chi connectivity index (χ3n) is 4.26. The monoisotopic (exact) mass is 395 g/mol. The molecule has 0 amide bonds. The van der Waals surface area contributed by atoms with E-state index in [0.717, 1.165) is 0 Å². The number of carboxylic acids is 1. The van der Waals surface area contributed by atoms with Gasteiger partial charge in [-0.05, 0) is 55.3 Å². The van der Waals surface area contributed by atoms with Crippen molar-refractivity contribution in [1.29, 1.82) is 0 Å². The van der Waals surface area contributed by atoms with Crippen LogP contribution < -0.4 is 14.8 Å². The van der Waals surface area contributed by atoms with Crippen LogP contribution in [-0.2, 0) is 11.4 Å². The molecule has 0 aliphatic heterocycles. The molecule has 2 rings (SSSR count). The molecule has 0 aromatic heterocycles. The number of rotatable bonds is 9. The third-order valence-corrected chi connectivity index (χ3v) is 4.60. The summed E-state index contributed by atoms with van der Waals surface area (Å²) in [5.41, 5.74) is 1.17. The van der Waals surface area contributed by atoms with Gasteiger partial charge in [0.05, 0.1) is 12.1 Å². The molecule has 2 atom stereocenters. The molecule has 2 N–H and O–H groups in total. The van der Waals surface area contributed by atoms with Gasteiger partial charge in [-0.25, -0.2) is 4.39 Å². The normalized spacial score (nSPS) is 13.1. The predicted molar refractivity (Wildman–Crippen MR) is 102 cm³/mol. The molecule has 0 saturated carbocycles. The van der Waals surface area contributed by atoms with E-state index in [-0.39, 0.29) is 11.6 Å². The van der Waals surface area contributed by atoms with E-state index in [2.05, 4.69) is 5.32 Å². The van der Waals surface area contributed by atoms with Crippen molar-refractivity contribution in [2.45, 2.75) is 39.0 Å². The zero-order valence-electron chi connectivity index (χ0n) is 15.5. The van der Waals surface area contributed by atoms with Gasteiger partial charge >= 0.3 is 5.97 Å². The zero-order chi connectivity index (χ0) is 20.0. The van der Waals surface area contributed by atoms with E-state index in [4.69, 9.17) is 21.1 Å². The molecule has 0 radical (unpaired) electrons. The molecule has 27 heavy (non-hydrogen) atoms. The van der Waals surface area contributed by atoms with Gasteiger partial charge in [-0.2, -0.15) is 0 Å². The molecule has 0 bridgehead atoms. The first-order valence-corrected chi connectivity index (χ1v) is 8.97. The fourth-order valence-corrected chi connectivity index (χ4v) is 3.01. The first kappa shape index (κ1) is 21.0. The topological polar surface area (TPSA) is 67.8 Å². The lowest BCUT2D eigenvalue weighted by molar-refractivity contribution is -0.139. The summed E-state index contributed by atoms with van der Waals surface area (Å²) in [4.78, 5) is 11.3. The number of hydrogen-bond acceptors (Lipinski definition) is 4. The van der Waals surface area contributed by atoms with Crippen molar-refractivity contribution >= 4 is 17.6 Å². The highest BCUT2D eigenvalue weighted by Gasteiger charge is 2.22. The summed E-state index contributed by atoms with van der Waals surface area (Å²) >= 11 is 6.24. The van der Waals surface area contributed by atoms with Crippen molar-refractivity contribution in [2.75, 3.05) is 7.11 Å². The standard InChI is InChI=1S/C20H23ClFNO4/c1-4-19(20(24)25)23-12(2)16-9-13(22)10-18(21)17(16)11-27-15-7-5-14(26-3)6-8-15/h5-10,12,19,23H,4,11H2,1-3H3,(H,24,25). The Kier molecular flexibility index (Phi) is 7.45. The number of aliphatic carboxylic acids is 1. The zero-order valence-corrected chi connectivity index (χ0v) is 16.2. The van der Waals surface area contributed by atoms with Gasteiger partial charge in [-0.1, -0.05) is 18.5 Å². The second-order valence-corrected chi connectivity index (χ2v) is 6.51. The molecule has 2 aromatic carbocycles. The van der Waals surface area contributed by atoms with Crippen LogP contribution in [0.15, 0.2) is 36.4 Å². The van der Waals surface area contributed by atoms with Crippen LogP contribution >= 0.6 is 11.6 Å². The van der Waals surface area contributed by atoms with Crippen LogP contribution in [-0.4, -0.2) is 24.2 Å². The summed E-state index contributed by atoms with van der Waals surface area (Å²) in [6.45, 7) is 3.66. The highest BCUT2D eigenvalue weighted by molar-refractivity contribution is 6.31. The fraction of sp³-hybridized carbons (Fsp3) is 0.350. The van der Waals surface area contributed by atoms with E-state index in [1.165, 1.54) is 12.1 Å². The quantitative estimate of drug-likeness (QED) is 0.650. The van der Waals surface area contributed by atoms with Crippen LogP contribution in [0.25, 0.3) is 0 Å². The number of benzene rings is 2. The Balaban J connectivity index is 2.22. The maximum Gasteiger partial charge on any atom is 0.320 e. The molecule has 0 spiro atoms. The Labute approximate surface area is 163 Å². The largest absolute Gasteiger partial charge is 0.497 e. The van der Waals surface area contributed by atoms with Crippen molar-refractivity contribution in [3.05, 3.63) is 58.4 Å². The van der Waals surface area contributed by atoms with Crippen LogP contribution in [0.5, 0.6) is 11.5 Å². The Morgan fingerprint density at radius 1 is 1.26 bits per heavy atom. The fourth-order valence-electron chi connectivity index (χ4n) is 2.74. The first-order chi connectivity index (χ1) is 12.8. The van der Waals surface area contributed by atoms with Crippen molar-refractivity contribution in [3.8, 4) is 11.5 Å². The predicted octanol–water partition coefficient (Wildman–Crippen LogP) is 4.58. The average Bonchev–Trinajstić information content (AvgIpc) is 2.64. The average molecular weight is 396 g/mol. The van der Waals surface area contributed by atoms with Gasteiger partial charge in [0.1, 0.15) is 30.0 Å². The summed E-state index contributed by atoms with van der Waals surface area (Å²) in [6.07, 6.45) is 0.403. The van der Waals surface area contributed by atoms with Crippen LogP contribution in [0.4, 0.5) is 4.39 Å². The molecule has 0 aliphatic rings. The van der Waals surface area contributed by atoms with Gasteiger partial charge in [0.15, 0.2) is 0 Å². The minimum Gasteiger partial charge on any atom is -0.497 e. The Bertz CT molecular complexity index is 782. The van der Waals surface area contributed by atoms with Crippen LogP contribution in [0, 0.1) is 5.82 Å². The first-order valence-electron chi connectivity index (χ1n) is 8.59. The molecule has 0 saturated heterocycles. The molecule has 0 aliphatic carbocycles. The smallest absolute Gasteiger partial charge is 0.320 e. The van der Waals surface area contributed by atoms with Gasteiger partial charge in [0, 0.05) is 11.6 Å². The molecular formula is C20H23ClFNO4. The van der Waals surface area contributed by atoms with Gasteiger partial charge in [-0.3, -0.25) is 10.1 Å². The second-order valence-electron chi connectivity index (χ2n) is 6.11. The molecule has 5 nitrogen and oxygen atoms in total. The highest BCUT2D eigenvalue weighted by Crippen LogP contribution is 2.29. The van der Waals surface area contributed by atoms with E-state index in [9.17, 15) is 14.3 Å². The van der Waals surface area contributed by atoms with Gasteiger partial charge in [0.25, 0.3) is 0 Å². The molecule has 0 fully saturated rings. The highest BCUT2D eigenvalue weighted by atomic mass is 35.5. The number of methoxy groups -OCH3 is 1. The molecular weight excluding hydrogens is 373 g/mol. The summed E-state index contributed by atoms with van der Waals surface area (Å²) in [5.74, 6) is -0.122. The van der Waals surface area contributed by atoms with E-state index >= 15 is 0 Å². The van der Waals surface area contributed by atoms with Crippen molar-refractivity contribution in [3.63, 3.8) is 0 Å². The summed E-state index contributed by atoms with van der Waals surface area (Å²) in [6, 6.07) is 8.47.